The summed E-state index contributed by atoms with van der Waals surface area (Å²) in [5, 5.41) is 6.15. The molecule has 4 bridgehead atoms. The van der Waals surface area contributed by atoms with Gasteiger partial charge in [0.05, 0.1) is 11.9 Å². The van der Waals surface area contributed by atoms with E-state index in [4.69, 9.17) is 4.74 Å². The Bertz CT molecular complexity index is 612. The highest BCUT2D eigenvalue weighted by Crippen LogP contribution is 2.56. The molecule has 2 aliphatic heterocycles. The van der Waals surface area contributed by atoms with Gasteiger partial charge < -0.3 is 19.9 Å². The van der Waals surface area contributed by atoms with Crippen LogP contribution >= 0.6 is 0 Å². The van der Waals surface area contributed by atoms with E-state index in [0.29, 0.717) is 18.4 Å². The van der Waals surface area contributed by atoms with Gasteiger partial charge in [0.15, 0.2) is 0 Å². The average molecular weight is 332 g/mol. The maximum Gasteiger partial charge on any atom is 0.317 e. The normalized spacial score (nSPS) is 36.8. The fourth-order valence-electron chi connectivity index (χ4n) is 5.36. The predicted octanol–water partition coefficient (Wildman–Crippen LogP) is 2.58. The van der Waals surface area contributed by atoms with Gasteiger partial charge in [-0.1, -0.05) is 0 Å². The Morgan fingerprint density at radius 3 is 2.75 bits per heavy atom. The number of hydrogen-bond acceptors (Lipinski definition) is 3. The van der Waals surface area contributed by atoms with Crippen LogP contribution in [0, 0.1) is 18.8 Å². The summed E-state index contributed by atoms with van der Waals surface area (Å²) < 4.78 is 8.47. The van der Waals surface area contributed by atoms with E-state index in [-0.39, 0.29) is 11.6 Å². The number of rotatable bonds is 5. The molecule has 0 spiro atoms. The number of aryl methyl sites for hydroxylation is 2. The molecule has 6 nitrogen and oxygen atoms in total. The van der Waals surface area contributed by atoms with Gasteiger partial charge in [0.25, 0.3) is 0 Å². The second-order valence-corrected chi connectivity index (χ2v) is 8.29. The molecule has 2 amide bonds. The third-order valence-electron chi connectivity index (χ3n) is 5.91. The molecule has 2 unspecified atom stereocenters. The zero-order valence-electron chi connectivity index (χ0n) is 14.7. The first-order valence-corrected chi connectivity index (χ1v) is 9.18. The molecule has 0 radical (unpaired) electrons. The molecule has 6 heteroatoms. The van der Waals surface area contributed by atoms with Crippen LogP contribution in [-0.4, -0.2) is 33.5 Å². The monoisotopic (exact) mass is 332 g/mol. The summed E-state index contributed by atoms with van der Waals surface area (Å²) in [5.41, 5.74) is 0.690. The number of aromatic nitrogens is 2. The number of carbonyl (C=O) groups excluding carboxylic acids is 1. The van der Waals surface area contributed by atoms with Crippen LogP contribution in [0.3, 0.4) is 0 Å². The first-order chi connectivity index (χ1) is 11.5. The lowest BCUT2D eigenvalue weighted by Gasteiger charge is -2.60. The van der Waals surface area contributed by atoms with E-state index in [9.17, 15) is 4.79 Å². The van der Waals surface area contributed by atoms with Crippen LogP contribution in [0.5, 0.6) is 0 Å². The van der Waals surface area contributed by atoms with Gasteiger partial charge in [-0.3, -0.25) is 0 Å². The summed E-state index contributed by atoms with van der Waals surface area (Å²) in [6, 6.07) is -0.0945. The molecule has 24 heavy (non-hydrogen) atoms. The van der Waals surface area contributed by atoms with Crippen LogP contribution in [0.2, 0.25) is 0 Å². The zero-order valence-corrected chi connectivity index (χ0v) is 14.7. The summed E-state index contributed by atoms with van der Waals surface area (Å²) >= 11 is 0. The quantitative estimate of drug-likeness (QED) is 0.814. The number of hydrogen-bond donors (Lipinski definition) is 2. The Labute approximate surface area is 143 Å². The Morgan fingerprint density at radius 1 is 1.38 bits per heavy atom. The largest absolute Gasteiger partial charge is 0.350 e. The van der Waals surface area contributed by atoms with Gasteiger partial charge in [-0.25, -0.2) is 9.78 Å². The Hall–Kier alpha value is -1.56. The third-order valence-corrected chi connectivity index (χ3v) is 5.91. The van der Waals surface area contributed by atoms with Crippen molar-refractivity contribution in [3.05, 3.63) is 18.2 Å². The molecule has 4 fully saturated rings. The van der Waals surface area contributed by atoms with Crippen LogP contribution < -0.4 is 10.6 Å². The van der Waals surface area contributed by atoms with Crippen molar-refractivity contribution in [2.75, 3.05) is 6.54 Å². The van der Waals surface area contributed by atoms with Gasteiger partial charge >= 0.3 is 6.03 Å². The minimum atomic E-state index is -0.427. The SMILES string of the molecule is Cc1cncn1CCCNC(=O)NC12CC3CC(CC(C)(C3)O1)C2. The van der Waals surface area contributed by atoms with Crippen LogP contribution in [0.15, 0.2) is 12.5 Å². The molecule has 2 N–H and O–H groups in total. The number of urea groups is 1. The average Bonchev–Trinajstić information content (AvgIpc) is 2.85. The molecule has 2 aliphatic carbocycles. The van der Waals surface area contributed by atoms with E-state index >= 15 is 0 Å². The van der Waals surface area contributed by atoms with Crippen LogP contribution in [0.4, 0.5) is 4.79 Å². The molecule has 1 aromatic heterocycles. The van der Waals surface area contributed by atoms with Crippen molar-refractivity contribution in [2.45, 2.75) is 70.2 Å². The highest BCUT2D eigenvalue weighted by atomic mass is 16.5. The van der Waals surface area contributed by atoms with Gasteiger partial charge in [0.1, 0.15) is 5.72 Å². The maximum absolute atomic E-state index is 12.3. The number of carbonyl (C=O) groups is 1. The van der Waals surface area contributed by atoms with Crippen molar-refractivity contribution in [3.63, 3.8) is 0 Å². The lowest BCUT2D eigenvalue weighted by molar-refractivity contribution is -0.274. The van der Waals surface area contributed by atoms with E-state index in [1.165, 1.54) is 6.42 Å². The van der Waals surface area contributed by atoms with Crippen molar-refractivity contribution in [1.82, 2.24) is 20.2 Å². The first-order valence-electron chi connectivity index (χ1n) is 9.18. The summed E-state index contributed by atoms with van der Waals surface area (Å²) in [7, 11) is 0. The van der Waals surface area contributed by atoms with Crippen LogP contribution in [0.25, 0.3) is 0 Å². The highest BCUT2D eigenvalue weighted by molar-refractivity contribution is 5.74. The molecule has 0 aromatic carbocycles. The minimum absolute atomic E-state index is 0.0314. The second-order valence-electron chi connectivity index (χ2n) is 8.29. The fraction of sp³-hybridized carbons (Fsp3) is 0.778. The van der Waals surface area contributed by atoms with Crippen LogP contribution in [0.1, 0.15) is 51.1 Å². The molecule has 5 rings (SSSR count). The first kappa shape index (κ1) is 15.9. The second kappa shape index (κ2) is 5.76. The fourth-order valence-corrected chi connectivity index (χ4v) is 5.36. The molecule has 1 aromatic rings. The predicted molar refractivity (Wildman–Crippen MR) is 90.4 cm³/mol. The summed E-state index contributed by atoms with van der Waals surface area (Å²) in [6.45, 7) is 5.78. The number of amides is 2. The van der Waals surface area contributed by atoms with E-state index in [1.54, 1.807) is 0 Å². The molecular formula is C18H28N4O2. The lowest BCUT2D eigenvalue weighted by atomic mass is 9.60. The molecule has 3 heterocycles. The maximum atomic E-state index is 12.3. The van der Waals surface area contributed by atoms with E-state index in [1.807, 2.05) is 19.4 Å². The van der Waals surface area contributed by atoms with Gasteiger partial charge in [-0.15, -0.1) is 0 Å². The molecule has 2 saturated heterocycles. The standard InChI is InChI=1S/C18H28N4O2/c1-13-11-19-12-22(13)5-3-4-20-16(23)21-18-9-14-6-15(10-18)8-17(2,7-14)24-18/h11-12,14-15H,3-10H2,1-2H3,(H2,20,21,23). The van der Waals surface area contributed by atoms with E-state index < -0.39 is 5.72 Å². The lowest BCUT2D eigenvalue weighted by Crippen LogP contribution is -2.67. The van der Waals surface area contributed by atoms with Crippen molar-refractivity contribution in [3.8, 4) is 0 Å². The smallest absolute Gasteiger partial charge is 0.317 e. The van der Waals surface area contributed by atoms with Gasteiger partial charge in [0.2, 0.25) is 0 Å². The molecule has 2 saturated carbocycles. The van der Waals surface area contributed by atoms with Gasteiger partial charge in [-0.05, 0) is 64.2 Å². The van der Waals surface area contributed by atoms with Crippen molar-refractivity contribution >= 4 is 6.03 Å². The molecule has 2 atom stereocenters. The molecular weight excluding hydrogens is 304 g/mol. The van der Waals surface area contributed by atoms with E-state index in [2.05, 4.69) is 27.1 Å². The third kappa shape index (κ3) is 3.04. The number of nitrogens with one attached hydrogen (secondary N) is 2. The van der Waals surface area contributed by atoms with Crippen molar-refractivity contribution in [2.24, 2.45) is 11.8 Å². The Morgan fingerprint density at radius 2 is 2.12 bits per heavy atom. The Balaban J connectivity index is 1.26. The van der Waals surface area contributed by atoms with Crippen molar-refractivity contribution in [1.29, 1.82) is 0 Å². The minimum Gasteiger partial charge on any atom is -0.350 e. The summed E-state index contributed by atoms with van der Waals surface area (Å²) in [4.78, 5) is 16.4. The summed E-state index contributed by atoms with van der Waals surface area (Å²) in [6.07, 6.45) is 10.1. The van der Waals surface area contributed by atoms with E-state index in [0.717, 1.165) is 44.3 Å². The van der Waals surface area contributed by atoms with Crippen LogP contribution in [-0.2, 0) is 11.3 Å². The number of nitrogens with zero attached hydrogens (tertiary/aromatic N) is 2. The number of imidazole rings is 1. The Kier molecular flexibility index (Phi) is 3.82. The van der Waals surface area contributed by atoms with Crippen molar-refractivity contribution < 1.29 is 9.53 Å². The topological polar surface area (TPSA) is 68.2 Å². The molecule has 132 valence electrons. The van der Waals surface area contributed by atoms with Gasteiger partial charge in [-0.2, -0.15) is 0 Å². The summed E-state index contributed by atoms with van der Waals surface area (Å²) in [5.74, 6) is 1.42. The zero-order chi connectivity index (χ0) is 16.8. The number of ether oxygens (including phenoxy) is 1. The molecule has 4 aliphatic rings. The highest BCUT2D eigenvalue weighted by Gasteiger charge is 2.57. The van der Waals surface area contributed by atoms with Gasteiger partial charge in [0, 0.05) is 25.0 Å².